The molecule has 1 aromatic carbocycles. The molecule has 6 nitrogen and oxygen atoms in total. The molecule has 3 atom stereocenters. The second-order valence-electron chi connectivity index (χ2n) is 7.25. The van der Waals surface area contributed by atoms with Crippen LogP contribution in [-0.4, -0.2) is 41.1 Å². The highest BCUT2D eigenvalue weighted by Gasteiger charge is 2.46. The molecule has 4 rings (SSSR count). The van der Waals surface area contributed by atoms with Gasteiger partial charge in [-0.1, -0.05) is 23.7 Å². The van der Waals surface area contributed by atoms with E-state index in [2.05, 4.69) is 15.7 Å². The Balaban J connectivity index is 1.56. The van der Waals surface area contributed by atoms with Crippen LogP contribution in [0.25, 0.3) is 0 Å². The van der Waals surface area contributed by atoms with Crippen molar-refractivity contribution < 1.29 is 22.7 Å². The van der Waals surface area contributed by atoms with Gasteiger partial charge in [0, 0.05) is 30.7 Å². The number of alkyl halides is 3. The van der Waals surface area contributed by atoms with E-state index in [0.29, 0.717) is 23.7 Å². The van der Waals surface area contributed by atoms with Crippen molar-refractivity contribution in [1.82, 2.24) is 15.1 Å². The Hall–Kier alpha value is -2.26. The van der Waals surface area contributed by atoms with E-state index in [1.807, 2.05) is 0 Å². The summed E-state index contributed by atoms with van der Waals surface area (Å²) in [5.74, 6) is -0.367. The minimum atomic E-state index is -4.50. The van der Waals surface area contributed by atoms with Crippen LogP contribution >= 0.6 is 11.6 Å². The molecule has 0 unspecified atom stereocenters. The van der Waals surface area contributed by atoms with Crippen LogP contribution in [-0.2, 0) is 4.74 Å². The summed E-state index contributed by atoms with van der Waals surface area (Å²) in [5.41, 5.74) is 0.622. The molecule has 1 fully saturated rings. The topological polar surface area (TPSA) is 68.2 Å². The fourth-order valence-corrected chi connectivity index (χ4v) is 3.83. The number of amides is 1. The summed E-state index contributed by atoms with van der Waals surface area (Å²) in [4.78, 5) is 12.4. The Labute approximate surface area is 170 Å². The Bertz CT molecular complexity index is 879. The molecular formula is C19H20ClF3N4O2. The van der Waals surface area contributed by atoms with Crippen molar-refractivity contribution in [3.63, 3.8) is 0 Å². The lowest BCUT2D eigenvalue weighted by Crippen LogP contribution is -2.36. The summed E-state index contributed by atoms with van der Waals surface area (Å²) < 4.78 is 47.4. The standard InChI is InChI=1S/C19H20ClF3N4O2/c20-12-5-3-11(4-6-12)14-8-16(19(21,22)23)27-17(25-14)9-15(26-27)18(28)24-10-13-2-1-7-29-13/h3-6,9,13-14,16,25H,1-2,7-8,10H2,(H,24,28)/t13-,14-,16-/m0/s1. The molecule has 2 aromatic rings. The molecule has 1 saturated heterocycles. The number of hydrogen-bond acceptors (Lipinski definition) is 4. The summed E-state index contributed by atoms with van der Waals surface area (Å²) >= 11 is 5.88. The molecule has 0 aliphatic carbocycles. The van der Waals surface area contributed by atoms with Crippen molar-refractivity contribution in [3.8, 4) is 0 Å². The third-order valence-corrected chi connectivity index (χ3v) is 5.46. The maximum absolute atomic E-state index is 13.7. The fraction of sp³-hybridized carbons (Fsp3) is 0.474. The normalized spacial score (nSPS) is 24.1. The molecule has 3 heterocycles. The monoisotopic (exact) mass is 428 g/mol. The van der Waals surface area contributed by atoms with Crippen molar-refractivity contribution in [1.29, 1.82) is 0 Å². The lowest BCUT2D eigenvalue weighted by Gasteiger charge is -2.33. The van der Waals surface area contributed by atoms with Gasteiger partial charge in [0.05, 0.1) is 12.1 Å². The molecule has 1 amide bonds. The highest BCUT2D eigenvalue weighted by molar-refractivity contribution is 6.30. The summed E-state index contributed by atoms with van der Waals surface area (Å²) in [7, 11) is 0. The first-order valence-corrected chi connectivity index (χ1v) is 9.77. The van der Waals surface area contributed by atoms with Gasteiger partial charge >= 0.3 is 6.18 Å². The summed E-state index contributed by atoms with van der Waals surface area (Å²) in [6, 6.07) is 5.59. The Morgan fingerprint density at radius 3 is 2.76 bits per heavy atom. The van der Waals surface area contributed by atoms with Gasteiger partial charge in [-0.3, -0.25) is 4.79 Å². The van der Waals surface area contributed by atoms with Gasteiger partial charge in [-0.15, -0.1) is 0 Å². The second-order valence-corrected chi connectivity index (χ2v) is 7.68. The van der Waals surface area contributed by atoms with E-state index in [9.17, 15) is 18.0 Å². The first-order valence-electron chi connectivity index (χ1n) is 9.39. The first-order chi connectivity index (χ1) is 13.8. The van der Waals surface area contributed by atoms with Gasteiger partial charge in [-0.05, 0) is 30.5 Å². The van der Waals surface area contributed by atoms with Crippen LogP contribution in [0.2, 0.25) is 5.02 Å². The molecule has 156 valence electrons. The molecule has 2 aliphatic rings. The molecular weight excluding hydrogens is 409 g/mol. The third-order valence-electron chi connectivity index (χ3n) is 5.21. The van der Waals surface area contributed by atoms with E-state index in [4.69, 9.17) is 16.3 Å². The van der Waals surface area contributed by atoms with Crippen LogP contribution in [0.4, 0.5) is 19.0 Å². The van der Waals surface area contributed by atoms with Gasteiger partial charge in [0.25, 0.3) is 5.91 Å². The highest BCUT2D eigenvalue weighted by atomic mass is 35.5. The smallest absolute Gasteiger partial charge is 0.376 e. The van der Waals surface area contributed by atoms with E-state index < -0.39 is 24.2 Å². The van der Waals surface area contributed by atoms with Gasteiger partial charge < -0.3 is 15.4 Å². The van der Waals surface area contributed by atoms with Gasteiger partial charge in [0.1, 0.15) is 5.82 Å². The molecule has 0 saturated carbocycles. The quantitative estimate of drug-likeness (QED) is 0.769. The number of carbonyl (C=O) groups is 1. The number of carbonyl (C=O) groups excluding carboxylic acids is 1. The zero-order chi connectivity index (χ0) is 20.6. The molecule has 2 aliphatic heterocycles. The van der Waals surface area contributed by atoms with Crippen LogP contribution in [0.15, 0.2) is 30.3 Å². The molecule has 29 heavy (non-hydrogen) atoms. The minimum absolute atomic E-state index is 0.0588. The number of rotatable bonds is 4. The molecule has 0 bridgehead atoms. The van der Waals surface area contributed by atoms with Crippen molar-refractivity contribution in [2.45, 2.75) is 43.6 Å². The van der Waals surface area contributed by atoms with Gasteiger partial charge in [0.15, 0.2) is 11.7 Å². The lowest BCUT2D eigenvalue weighted by molar-refractivity contribution is -0.173. The zero-order valence-electron chi connectivity index (χ0n) is 15.4. The predicted octanol–water partition coefficient (Wildman–Crippen LogP) is 4.11. The van der Waals surface area contributed by atoms with E-state index >= 15 is 0 Å². The van der Waals surface area contributed by atoms with E-state index in [-0.39, 0.29) is 24.0 Å². The number of halogens is 4. The van der Waals surface area contributed by atoms with Crippen molar-refractivity contribution in [2.24, 2.45) is 0 Å². The number of ether oxygens (including phenoxy) is 1. The van der Waals surface area contributed by atoms with Gasteiger partial charge in [-0.2, -0.15) is 18.3 Å². The minimum Gasteiger partial charge on any atom is -0.376 e. The largest absolute Gasteiger partial charge is 0.410 e. The maximum atomic E-state index is 13.7. The Morgan fingerprint density at radius 2 is 2.10 bits per heavy atom. The number of anilines is 1. The summed E-state index contributed by atoms with van der Waals surface area (Å²) in [6.45, 7) is 0.965. The number of aromatic nitrogens is 2. The second kappa shape index (κ2) is 7.87. The summed E-state index contributed by atoms with van der Waals surface area (Å²) in [6.07, 6.45) is -3.02. The van der Waals surface area contributed by atoms with Crippen LogP contribution in [0, 0.1) is 0 Å². The molecule has 0 spiro atoms. The number of nitrogens with one attached hydrogen (secondary N) is 2. The molecule has 2 N–H and O–H groups in total. The van der Waals surface area contributed by atoms with Crippen LogP contribution in [0.1, 0.15) is 47.4 Å². The lowest BCUT2D eigenvalue weighted by atomic mass is 9.97. The van der Waals surface area contributed by atoms with Gasteiger partial charge in [0.2, 0.25) is 0 Å². The van der Waals surface area contributed by atoms with Crippen LogP contribution < -0.4 is 10.6 Å². The fourth-order valence-electron chi connectivity index (χ4n) is 3.70. The average Bonchev–Trinajstić information content (AvgIpc) is 3.34. The Kier molecular flexibility index (Phi) is 5.44. The summed E-state index contributed by atoms with van der Waals surface area (Å²) in [5, 5.41) is 10.2. The number of hydrogen-bond donors (Lipinski definition) is 2. The predicted molar refractivity (Wildman–Crippen MR) is 101 cm³/mol. The van der Waals surface area contributed by atoms with E-state index in [1.54, 1.807) is 24.3 Å². The molecule has 0 radical (unpaired) electrons. The van der Waals surface area contributed by atoms with Crippen LogP contribution in [0.5, 0.6) is 0 Å². The maximum Gasteiger partial charge on any atom is 0.410 e. The number of fused-ring (bicyclic) bond motifs is 1. The highest BCUT2D eigenvalue weighted by Crippen LogP contribution is 2.43. The van der Waals surface area contributed by atoms with Crippen molar-refractivity contribution in [2.75, 3.05) is 18.5 Å². The van der Waals surface area contributed by atoms with Gasteiger partial charge in [-0.25, -0.2) is 4.68 Å². The number of benzene rings is 1. The van der Waals surface area contributed by atoms with E-state index in [0.717, 1.165) is 17.5 Å². The molecule has 10 heteroatoms. The van der Waals surface area contributed by atoms with Crippen LogP contribution in [0.3, 0.4) is 0 Å². The molecule has 1 aromatic heterocycles. The zero-order valence-corrected chi connectivity index (χ0v) is 16.1. The van der Waals surface area contributed by atoms with Crippen molar-refractivity contribution >= 4 is 23.3 Å². The average molecular weight is 429 g/mol. The SMILES string of the molecule is O=C(NC[C@@H]1CCCO1)c1cc2n(n1)[C@H](C(F)(F)F)C[C@@H](c1ccc(Cl)cc1)N2. The van der Waals surface area contributed by atoms with E-state index in [1.165, 1.54) is 6.07 Å². The number of nitrogens with zero attached hydrogens (tertiary/aromatic N) is 2. The third kappa shape index (κ3) is 4.35. The first kappa shape index (κ1) is 20.0. The Morgan fingerprint density at radius 1 is 1.34 bits per heavy atom. The van der Waals surface area contributed by atoms with Crippen molar-refractivity contribution in [3.05, 3.63) is 46.6 Å².